The van der Waals surface area contributed by atoms with Gasteiger partial charge in [0.05, 0.1) is 19.6 Å². The molecule has 0 aliphatic heterocycles. The first-order chi connectivity index (χ1) is 13.4. The molecule has 0 saturated carbocycles. The van der Waals surface area contributed by atoms with Crippen LogP contribution in [0, 0.1) is 13.8 Å². The third-order valence-electron chi connectivity index (χ3n) is 3.98. The van der Waals surface area contributed by atoms with Gasteiger partial charge < -0.3 is 19.5 Å². The highest BCUT2D eigenvalue weighted by Gasteiger charge is 2.12. The number of hydrogen-bond donors (Lipinski definition) is 1. The van der Waals surface area contributed by atoms with Gasteiger partial charge in [0.15, 0.2) is 18.1 Å². The van der Waals surface area contributed by atoms with Crippen molar-refractivity contribution in [3.8, 4) is 11.5 Å². The number of esters is 1. The molecule has 0 heterocycles. The molecule has 0 fully saturated rings. The van der Waals surface area contributed by atoms with E-state index in [1.165, 1.54) is 0 Å². The molecular formula is C22H27NO5. The molecule has 0 aromatic heterocycles. The van der Waals surface area contributed by atoms with Gasteiger partial charge in [-0.05, 0) is 57.0 Å². The van der Waals surface area contributed by atoms with Gasteiger partial charge in [-0.2, -0.15) is 0 Å². The average Bonchev–Trinajstić information content (AvgIpc) is 2.65. The van der Waals surface area contributed by atoms with Crippen LogP contribution in [-0.2, 0) is 20.7 Å². The molecule has 28 heavy (non-hydrogen) atoms. The van der Waals surface area contributed by atoms with E-state index < -0.39 is 5.97 Å². The topological polar surface area (TPSA) is 73.9 Å². The van der Waals surface area contributed by atoms with E-state index in [2.05, 4.69) is 5.32 Å². The smallest absolute Gasteiger partial charge is 0.310 e. The summed E-state index contributed by atoms with van der Waals surface area (Å²) in [5.74, 6) is 0.362. The maximum atomic E-state index is 12.1. The molecule has 2 rings (SSSR count). The maximum Gasteiger partial charge on any atom is 0.310 e. The van der Waals surface area contributed by atoms with Crippen LogP contribution < -0.4 is 14.8 Å². The molecule has 0 saturated heterocycles. The number of benzene rings is 2. The molecule has 0 bridgehead atoms. The molecule has 1 amide bonds. The second-order valence-electron chi connectivity index (χ2n) is 6.35. The predicted octanol–water partition coefficient (Wildman–Crippen LogP) is 3.83. The second kappa shape index (κ2) is 10.3. The number of anilines is 1. The number of aryl methyl sites for hydroxylation is 2. The highest BCUT2D eigenvalue weighted by Crippen LogP contribution is 2.28. The molecule has 0 atom stereocenters. The number of hydrogen-bond acceptors (Lipinski definition) is 5. The summed E-state index contributed by atoms with van der Waals surface area (Å²) in [4.78, 5) is 24.1. The maximum absolute atomic E-state index is 12.1. The standard InChI is InChI=1S/C22H27NO5/c1-5-26-19-10-8-17(12-20(19)27-6-2)13-22(25)28-14-21(24)23-18-9-7-15(3)11-16(18)4/h7-12H,5-6,13-14H2,1-4H3,(H,23,24). The van der Waals surface area contributed by atoms with Crippen LogP contribution in [0.2, 0.25) is 0 Å². The number of nitrogens with one attached hydrogen (secondary N) is 1. The van der Waals surface area contributed by atoms with Crippen LogP contribution in [0.3, 0.4) is 0 Å². The minimum absolute atomic E-state index is 0.0450. The third-order valence-corrected chi connectivity index (χ3v) is 3.98. The molecule has 1 N–H and O–H groups in total. The Morgan fingerprint density at radius 3 is 2.32 bits per heavy atom. The van der Waals surface area contributed by atoms with Crippen molar-refractivity contribution in [1.82, 2.24) is 0 Å². The Kier molecular flexibility index (Phi) is 7.87. The molecule has 0 unspecified atom stereocenters. The first-order valence-corrected chi connectivity index (χ1v) is 9.34. The zero-order valence-electron chi connectivity index (χ0n) is 16.8. The fraction of sp³-hybridized carbons (Fsp3) is 0.364. The molecule has 6 nitrogen and oxygen atoms in total. The van der Waals surface area contributed by atoms with Crippen molar-refractivity contribution in [3.05, 3.63) is 53.1 Å². The van der Waals surface area contributed by atoms with E-state index in [4.69, 9.17) is 14.2 Å². The van der Waals surface area contributed by atoms with Crippen LogP contribution in [0.4, 0.5) is 5.69 Å². The van der Waals surface area contributed by atoms with E-state index in [9.17, 15) is 9.59 Å². The van der Waals surface area contributed by atoms with E-state index in [0.717, 1.165) is 16.7 Å². The van der Waals surface area contributed by atoms with Gasteiger partial charge in [-0.1, -0.05) is 23.8 Å². The number of amides is 1. The fourth-order valence-corrected chi connectivity index (χ4v) is 2.71. The SMILES string of the molecule is CCOc1ccc(CC(=O)OCC(=O)Nc2ccc(C)cc2C)cc1OCC. The summed E-state index contributed by atoms with van der Waals surface area (Å²) < 4.78 is 16.2. The summed E-state index contributed by atoms with van der Waals surface area (Å²) in [7, 11) is 0. The van der Waals surface area contributed by atoms with Crippen LogP contribution >= 0.6 is 0 Å². The van der Waals surface area contributed by atoms with Gasteiger partial charge in [0.25, 0.3) is 5.91 Å². The molecule has 0 aliphatic rings. The lowest BCUT2D eigenvalue weighted by atomic mass is 10.1. The normalized spacial score (nSPS) is 10.3. The van der Waals surface area contributed by atoms with E-state index in [1.807, 2.05) is 45.9 Å². The Morgan fingerprint density at radius 2 is 1.64 bits per heavy atom. The summed E-state index contributed by atoms with van der Waals surface area (Å²) in [6.45, 7) is 8.36. The van der Waals surface area contributed by atoms with Gasteiger partial charge in [-0.3, -0.25) is 9.59 Å². The molecule has 0 radical (unpaired) electrons. The molecule has 6 heteroatoms. The number of rotatable bonds is 9. The molecular weight excluding hydrogens is 358 g/mol. The van der Waals surface area contributed by atoms with Crippen molar-refractivity contribution >= 4 is 17.6 Å². The van der Waals surface area contributed by atoms with Gasteiger partial charge in [-0.15, -0.1) is 0 Å². The lowest BCUT2D eigenvalue weighted by Gasteiger charge is -2.12. The number of carbonyl (C=O) groups excluding carboxylic acids is 2. The van der Waals surface area contributed by atoms with Crippen molar-refractivity contribution in [3.63, 3.8) is 0 Å². The van der Waals surface area contributed by atoms with Crippen molar-refractivity contribution in [2.45, 2.75) is 34.1 Å². The van der Waals surface area contributed by atoms with E-state index in [1.54, 1.807) is 18.2 Å². The van der Waals surface area contributed by atoms with E-state index >= 15 is 0 Å². The number of carbonyl (C=O) groups is 2. The molecule has 2 aromatic rings. The fourth-order valence-electron chi connectivity index (χ4n) is 2.71. The second-order valence-corrected chi connectivity index (χ2v) is 6.35. The zero-order chi connectivity index (χ0) is 20.5. The molecule has 0 aliphatic carbocycles. The van der Waals surface area contributed by atoms with Crippen LogP contribution in [0.1, 0.15) is 30.5 Å². The first-order valence-electron chi connectivity index (χ1n) is 9.34. The van der Waals surface area contributed by atoms with Crippen molar-refractivity contribution < 1.29 is 23.8 Å². The Bertz CT molecular complexity index is 832. The number of ether oxygens (including phenoxy) is 3. The van der Waals surface area contributed by atoms with Crippen LogP contribution in [0.25, 0.3) is 0 Å². The Labute approximate surface area is 165 Å². The van der Waals surface area contributed by atoms with Gasteiger partial charge in [0.1, 0.15) is 0 Å². The molecule has 2 aromatic carbocycles. The highest BCUT2D eigenvalue weighted by atomic mass is 16.5. The summed E-state index contributed by atoms with van der Waals surface area (Å²) >= 11 is 0. The Hall–Kier alpha value is -3.02. The highest BCUT2D eigenvalue weighted by molar-refractivity contribution is 5.93. The average molecular weight is 385 g/mol. The van der Waals surface area contributed by atoms with Crippen LogP contribution in [-0.4, -0.2) is 31.7 Å². The van der Waals surface area contributed by atoms with Gasteiger partial charge in [0, 0.05) is 5.69 Å². The zero-order valence-corrected chi connectivity index (χ0v) is 16.8. The minimum Gasteiger partial charge on any atom is -0.490 e. The predicted molar refractivity (Wildman–Crippen MR) is 108 cm³/mol. The quantitative estimate of drug-likeness (QED) is 0.664. The monoisotopic (exact) mass is 385 g/mol. The summed E-state index contributed by atoms with van der Waals surface area (Å²) in [5.41, 5.74) is 3.51. The third kappa shape index (κ3) is 6.30. The van der Waals surface area contributed by atoms with Gasteiger partial charge in [0.2, 0.25) is 0 Å². The van der Waals surface area contributed by atoms with E-state index in [-0.39, 0.29) is 18.9 Å². The van der Waals surface area contributed by atoms with Crippen molar-refractivity contribution in [2.24, 2.45) is 0 Å². The van der Waals surface area contributed by atoms with Gasteiger partial charge in [-0.25, -0.2) is 0 Å². The summed E-state index contributed by atoms with van der Waals surface area (Å²) in [6.07, 6.45) is 0.0450. The first kappa shape index (κ1) is 21.3. The summed E-state index contributed by atoms with van der Waals surface area (Å²) in [5, 5.41) is 2.75. The van der Waals surface area contributed by atoms with E-state index in [0.29, 0.717) is 30.4 Å². The molecule has 150 valence electrons. The van der Waals surface area contributed by atoms with Gasteiger partial charge >= 0.3 is 5.97 Å². The molecule has 0 spiro atoms. The summed E-state index contributed by atoms with van der Waals surface area (Å²) in [6, 6.07) is 11.0. The Morgan fingerprint density at radius 1 is 0.929 bits per heavy atom. The lowest BCUT2D eigenvalue weighted by molar-refractivity contribution is -0.146. The lowest BCUT2D eigenvalue weighted by Crippen LogP contribution is -2.22. The van der Waals surface area contributed by atoms with Crippen LogP contribution in [0.15, 0.2) is 36.4 Å². The Balaban J connectivity index is 1.89. The largest absolute Gasteiger partial charge is 0.490 e. The van der Waals surface area contributed by atoms with Crippen molar-refractivity contribution in [2.75, 3.05) is 25.1 Å². The van der Waals surface area contributed by atoms with Crippen LogP contribution in [0.5, 0.6) is 11.5 Å². The minimum atomic E-state index is -0.484. The van der Waals surface area contributed by atoms with Crippen molar-refractivity contribution in [1.29, 1.82) is 0 Å².